The average molecular weight is 355 g/mol. The van der Waals surface area contributed by atoms with E-state index in [0.29, 0.717) is 16.7 Å². The molecule has 0 radical (unpaired) electrons. The highest BCUT2D eigenvalue weighted by molar-refractivity contribution is 6.30. The first-order valence-electron chi connectivity index (χ1n) is 7.39. The van der Waals surface area contributed by atoms with E-state index in [9.17, 15) is 0 Å². The van der Waals surface area contributed by atoms with Crippen LogP contribution in [0, 0.1) is 0 Å². The number of aromatic nitrogens is 4. The third kappa shape index (κ3) is 2.86. The van der Waals surface area contributed by atoms with Crippen LogP contribution in [0.1, 0.15) is 5.69 Å². The summed E-state index contributed by atoms with van der Waals surface area (Å²) in [6.07, 6.45) is 1.77. The number of fused-ring (bicyclic) bond motifs is 1. The van der Waals surface area contributed by atoms with Gasteiger partial charge in [-0.1, -0.05) is 29.3 Å². The fourth-order valence-electron chi connectivity index (χ4n) is 2.60. The molecule has 0 unspecified atom stereocenters. The second-order valence-corrected chi connectivity index (χ2v) is 6.15. The molecule has 0 spiro atoms. The Morgan fingerprint density at radius 2 is 1.71 bits per heavy atom. The maximum absolute atomic E-state index is 6.08. The van der Waals surface area contributed by atoms with Crippen LogP contribution in [-0.4, -0.2) is 19.5 Å². The standard InChI is InChI=1S/C18H12Cl2N4/c19-13-6-4-12(5-7-13)17-22-15-8-9-16(20)23-18(15)24(17)11-14-3-1-2-10-21-14/h1-10H,11H2. The molecule has 0 aliphatic rings. The minimum atomic E-state index is 0.437. The minimum Gasteiger partial charge on any atom is -0.303 e. The molecule has 0 aliphatic carbocycles. The van der Waals surface area contributed by atoms with E-state index in [2.05, 4.69) is 9.97 Å². The Morgan fingerprint density at radius 3 is 2.46 bits per heavy atom. The zero-order chi connectivity index (χ0) is 16.5. The van der Waals surface area contributed by atoms with Crippen LogP contribution in [0.15, 0.2) is 60.8 Å². The number of benzene rings is 1. The van der Waals surface area contributed by atoms with Gasteiger partial charge in [0.25, 0.3) is 0 Å². The second-order valence-electron chi connectivity index (χ2n) is 5.33. The normalized spacial score (nSPS) is 11.1. The van der Waals surface area contributed by atoms with E-state index < -0.39 is 0 Å². The van der Waals surface area contributed by atoms with E-state index in [1.54, 1.807) is 12.3 Å². The molecule has 3 aromatic heterocycles. The molecule has 0 saturated heterocycles. The Balaban J connectivity index is 1.91. The van der Waals surface area contributed by atoms with Crippen LogP contribution in [0.2, 0.25) is 10.2 Å². The first-order valence-corrected chi connectivity index (χ1v) is 8.15. The molecule has 6 heteroatoms. The second kappa shape index (κ2) is 6.23. The predicted octanol–water partition coefficient (Wildman–Crippen LogP) is 4.85. The number of pyridine rings is 2. The van der Waals surface area contributed by atoms with Gasteiger partial charge in [0.1, 0.15) is 16.5 Å². The smallest absolute Gasteiger partial charge is 0.162 e. The molecule has 0 aliphatic heterocycles. The van der Waals surface area contributed by atoms with Gasteiger partial charge in [-0.25, -0.2) is 9.97 Å². The highest BCUT2D eigenvalue weighted by atomic mass is 35.5. The van der Waals surface area contributed by atoms with Crippen molar-refractivity contribution in [1.29, 1.82) is 0 Å². The van der Waals surface area contributed by atoms with Crippen molar-refractivity contribution in [2.24, 2.45) is 0 Å². The summed E-state index contributed by atoms with van der Waals surface area (Å²) >= 11 is 12.1. The lowest BCUT2D eigenvalue weighted by Gasteiger charge is -2.08. The summed E-state index contributed by atoms with van der Waals surface area (Å²) in [5.41, 5.74) is 3.41. The summed E-state index contributed by atoms with van der Waals surface area (Å²) < 4.78 is 2.02. The zero-order valence-electron chi connectivity index (χ0n) is 12.5. The van der Waals surface area contributed by atoms with Gasteiger partial charge in [-0.3, -0.25) is 4.98 Å². The zero-order valence-corrected chi connectivity index (χ0v) is 14.0. The van der Waals surface area contributed by atoms with Crippen LogP contribution >= 0.6 is 23.2 Å². The monoisotopic (exact) mass is 354 g/mol. The van der Waals surface area contributed by atoms with Gasteiger partial charge >= 0.3 is 0 Å². The Labute approximate surface area is 148 Å². The molecule has 118 valence electrons. The third-order valence-electron chi connectivity index (χ3n) is 3.71. The van der Waals surface area contributed by atoms with Crippen molar-refractivity contribution in [3.05, 3.63) is 76.7 Å². The Hall–Kier alpha value is -2.43. The first-order chi connectivity index (χ1) is 11.7. The lowest BCUT2D eigenvalue weighted by atomic mass is 10.2. The molecular weight excluding hydrogens is 343 g/mol. The molecule has 0 atom stereocenters. The van der Waals surface area contributed by atoms with Gasteiger partial charge in [-0.15, -0.1) is 0 Å². The molecular formula is C18H12Cl2N4. The quantitative estimate of drug-likeness (QED) is 0.494. The summed E-state index contributed by atoms with van der Waals surface area (Å²) in [6, 6.07) is 17.0. The SMILES string of the molecule is Clc1ccc(-c2nc3ccc(Cl)nc3n2Cc2ccccn2)cc1. The number of imidazole rings is 1. The largest absolute Gasteiger partial charge is 0.303 e. The van der Waals surface area contributed by atoms with Crippen molar-refractivity contribution in [2.45, 2.75) is 6.54 Å². The van der Waals surface area contributed by atoms with Crippen molar-refractivity contribution in [3.8, 4) is 11.4 Å². The highest BCUT2D eigenvalue weighted by Gasteiger charge is 2.15. The van der Waals surface area contributed by atoms with Gasteiger partial charge in [0.2, 0.25) is 0 Å². The van der Waals surface area contributed by atoms with Crippen LogP contribution in [-0.2, 0) is 6.54 Å². The number of hydrogen-bond donors (Lipinski definition) is 0. The van der Waals surface area contributed by atoms with Crippen LogP contribution in [0.4, 0.5) is 0 Å². The average Bonchev–Trinajstić information content (AvgIpc) is 2.94. The molecule has 4 rings (SSSR count). The number of halogens is 2. The molecule has 0 N–H and O–H groups in total. The molecule has 0 bridgehead atoms. The Morgan fingerprint density at radius 1 is 0.875 bits per heavy atom. The summed E-state index contributed by atoms with van der Waals surface area (Å²) in [5, 5.41) is 1.12. The molecule has 4 nitrogen and oxygen atoms in total. The van der Waals surface area contributed by atoms with Crippen molar-refractivity contribution in [3.63, 3.8) is 0 Å². The van der Waals surface area contributed by atoms with Crippen LogP contribution < -0.4 is 0 Å². The lowest BCUT2D eigenvalue weighted by molar-refractivity contribution is 0.797. The van der Waals surface area contributed by atoms with Crippen LogP contribution in [0.5, 0.6) is 0 Å². The fourth-order valence-corrected chi connectivity index (χ4v) is 2.87. The van der Waals surface area contributed by atoms with E-state index in [-0.39, 0.29) is 0 Å². The topological polar surface area (TPSA) is 43.6 Å². The van der Waals surface area contributed by atoms with Gasteiger partial charge in [-0.2, -0.15) is 0 Å². The molecule has 1 aromatic carbocycles. The van der Waals surface area contributed by atoms with Gasteiger partial charge in [0, 0.05) is 16.8 Å². The molecule has 3 heterocycles. The molecule has 24 heavy (non-hydrogen) atoms. The Kier molecular flexibility index (Phi) is 3.92. The number of rotatable bonds is 3. The van der Waals surface area contributed by atoms with Gasteiger partial charge < -0.3 is 4.57 Å². The van der Waals surface area contributed by atoms with Crippen LogP contribution in [0.25, 0.3) is 22.6 Å². The van der Waals surface area contributed by atoms with E-state index in [0.717, 1.165) is 28.2 Å². The van der Waals surface area contributed by atoms with Gasteiger partial charge in [0.05, 0.1) is 12.2 Å². The van der Waals surface area contributed by atoms with E-state index in [4.69, 9.17) is 28.2 Å². The molecule has 0 saturated carbocycles. The van der Waals surface area contributed by atoms with Crippen molar-refractivity contribution in [1.82, 2.24) is 19.5 Å². The summed E-state index contributed by atoms with van der Waals surface area (Å²) in [7, 11) is 0. The van der Waals surface area contributed by atoms with Crippen molar-refractivity contribution < 1.29 is 0 Å². The number of hydrogen-bond acceptors (Lipinski definition) is 3. The summed E-state index contributed by atoms with van der Waals surface area (Å²) in [6.45, 7) is 0.558. The number of nitrogens with zero attached hydrogens (tertiary/aromatic N) is 4. The lowest BCUT2D eigenvalue weighted by Crippen LogP contribution is -2.04. The Bertz CT molecular complexity index is 995. The maximum atomic E-state index is 6.08. The molecule has 0 amide bonds. The third-order valence-corrected chi connectivity index (χ3v) is 4.17. The molecule has 4 aromatic rings. The van der Waals surface area contributed by atoms with E-state index in [1.807, 2.05) is 53.1 Å². The van der Waals surface area contributed by atoms with E-state index >= 15 is 0 Å². The predicted molar refractivity (Wildman–Crippen MR) is 96.3 cm³/mol. The summed E-state index contributed by atoms with van der Waals surface area (Å²) in [4.78, 5) is 13.6. The fraction of sp³-hybridized carbons (Fsp3) is 0.0556. The van der Waals surface area contributed by atoms with Crippen molar-refractivity contribution in [2.75, 3.05) is 0 Å². The van der Waals surface area contributed by atoms with E-state index in [1.165, 1.54) is 0 Å². The van der Waals surface area contributed by atoms with Crippen LogP contribution in [0.3, 0.4) is 0 Å². The highest BCUT2D eigenvalue weighted by Crippen LogP contribution is 2.26. The minimum absolute atomic E-state index is 0.437. The van der Waals surface area contributed by atoms with Gasteiger partial charge in [0.15, 0.2) is 5.65 Å². The maximum Gasteiger partial charge on any atom is 0.162 e. The first kappa shape index (κ1) is 15.1. The van der Waals surface area contributed by atoms with Gasteiger partial charge in [-0.05, 0) is 48.5 Å². The molecule has 0 fully saturated rings. The van der Waals surface area contributed by atoms with Crippen molar-refractivity contribution >= 4 is 34.4 Å². The summed E-state index contributed by atoms with van der Waals surface area (Å²) in [5.74, 6) is 0.807.